The summed E-state index contributed by atoms with van der Waals surface area (Å²) in [5, 5.41) is 5.28. The van der Waals surface area contributed by atoms with Crippen molar-refractivity contribution in [3.8, 4) is 0 Å². The molecule has 0 spiro atoms. The third-order valence-electron chi connectivity index (χ3n) is 4.35. The predicted molar refractivity (Wildman–Crippen MR) is 109 cm³/mol. The van der Waals surface area contributed by atoms with Gasteiger partial charge in [-0.3, -0.25) is 13.9 Å². The lowest BCUT2D eigenvalue weighted by Crippen LogP contribution is -2.35. The molecule has 28 heavy (non-hydrogen) atoms. The summed E-state index contributed by atoms with van der Waals surface area (Å²) in [5.41, 5.74) is 2.56. The molecule has 2 amide bonds. The number of nitrogens with zero attached hydrogens (tertiary/aromatic N) is 1. The number of sulfonamides is 1. The minimum atomic E-state index is -3.41. The van der Waals surface area contributed by atoms with Crippen molar-refractivity contribution in [3.05, 3.63) is 58.6 Å². The number of rotatable bonds is 4. The second kappa shape index (κ2) is 8.20. The van der Waals surface area contributed by atoms with E-state index in [0.717, 1.165) is 11.1 Å². The average molecular weight is 422 g/mol. The van der Waals surface area contributed by atoms with E-state index >= 15 is 0 Å². The zero-order valence-corrected chi connectivity index (χ0v) is 16.8. The minimum Gasteiger partial charge on any atom is -0.344 e. The number of hydrogen-bond acceptors (Lipinski definition) is 4. The molecule has 1 aliphatic rings. The van der Waals surface area contributed by atoms with Crippen LogP contribution in [-0.4, -0.2) is 32.5 Å². The molecule has 1 aliphatic heterocycles. The van der Waals surface area contributed by atoms with Gasteiger partial charge in [0.1, 0.15) is 0 Å². The second-order valence-corrected chi connectivity index (χ2v) is 8.95. The van der Waals surface area contributed by atoms with Crippen molar-refractivity contribution in [2.45, 2.75) is 19.9 Å². The molecule has 2 N–H and O–H groups in total. The minimum absolute atomic E-state index is 0.0569. The summed E-state index contributed by atoms with van der Waals surface area (Å²) >= 11 is 6.13. The van der Waals surface area contributed by atoms with Gasteiger partial charge in [0, 0.05) is 18.8 Å². The summed E-state index contributed by atoms with van der Waals surface area (Å²) in [6, 6.07) is 12.0. The molecular weight excluding hydrogens is 402 g/mol. The first-order valence-electron chi connectivity index (χ1n) is 8.71. The molecule has 1 saturated heterocycles. The maximum absolute atomic E-state index is 12.1. The Hall–Kier alpha value is -2.58. The number of amides is 2. The molecule has 0 bridgehead atoms. The summed E-state index contributed by atoms with van der Waals surface area (Å²) < 4.78 is 25.5. The van der Waals surface area contributed by atoms with Crippen LogP contribution in [-0.2, 0) is 26.2 Å². The molecule has 2 aromatic rings. The fourth-order valence-electron chi connectivity index (χ4n) is 2.85. The first-order chi connectivity index (χ1) is 13.3. The lowest BCUT2D eigenvalue weighted by atomic mass is 10.1. The van der Waals surface area contributed by atoms with Crippen LogP contribution in [0.15, 0.2) is 42.5 Å². The van der Waals surface area contributed by atoms with Crippen molar-refractivity contribution in [2.75, 3.05) is 21.9 Å². The zero-order valence-electron chi connectivity index (χ0n) is 15.2. The van der Waals surface area contributed by atoms with Crippen molar-refractivity contribution in [1.29, 1.82) is 0 Å². The molecular formula is C19H20ClN3O4S. The quantitative estimate of drug-likeness (QED) is 0.741. The first kappa shape index (κ1) is 20.2. The lowest BCUT2D eigenvalue weighted by molar-refractivity contribution is -0.136. The molecule has 3 rings (SSSR count). The van der Waals surface area contributed by atoms with E-state index in [2.05, 4.69) is 10.6 Å². The molecule has 0 saturated carbocycles. The SMILES string of the molecule is Cc1ccc(CNC(=O)C(=O)Nc2ccc(Cl)c(N3CCCS3(=O)=O)c2)cc1. The Labute approximate surface area is 168 Å². The molecule has 9 heteroatoms. The Bertz CT molecular complexity index is 1010. The van der Waals surface area contributed by atoms with Crippen molar-refractivity contribution >= 4 is 44.8 Å². The number of nitrogens with one attached hydrogen (secondary N) is 2. The van der Waals surface area contributed by atoms with E-state index in [4.69, 9.17) is 11.6 Å². The van der Waals surface area contributed by atoms with Crippen LogP contribution in [0.25, 0.3) is 0 Å². The van der Waals surface area contributed by atoms with Gasteiger partial charge in [-0.05, 0) is 37.1 Å². The van der Waals surface area contributed by atoms with E-state index in [1.54, 1.807) is 0 Å². The molecule has 1 heterocycles. The monoisotopic (exact) mass is 421 g/mol. The van der Waals surface area contributed by atoms with Gasteiger partial charge in [0.05, 0.1) is 16.5 Å². The molecule has 7 nitrogen and oxygen atoms in total. The predicted octanol–water partition coefficient (Wildman–Crippen LogP) is 2.44. The van der Waals surface area contributed by atoms with E-state index in [1.165, 1.54) is 22.5 Å². The standard InChI is InChI=1S/C19H20ClN3O4S/c1-13-3-5-14(6-4-13)12-21-18(24)19(25)22-15-7-8-16(20)17(11-15)23-9-2-10-28(23,26)27/h3-8,11H,2,9-10,12H2,1H3,(H,21,24)(H,22,25). The van der Waals surface area contributed by atoms with E-state index < -0.39 is 21.8 Å². The fourth-order valence-corrected chi connectivity index (χ4v) is 4.69. The van der Waals surface area contributed by atoms with Crippen LogP contribution in [0.3, 0.4) is 0 Å². The van der Waals surface area contributed by atoms with Crippen LogP contribution in [0.1, 0.15) is 17.5 Å². The van der Waals surface area contributed by atoms with E-state index in [1.807, 2.05) is 31.2 Å². The lowest BCUT2D eigenvalue weighted by Gasteiger charge is -2.19. The number of benzene rings is 2. The highest BCUT2D eigenvalue weighted by Crippen LogP contribution is 2.33. The van der Waals surface area contributed by atoms with Crippen molar-refractivity contribution < 1.29 is 18.0 Å². The van der Waals surface area contributed by atoms with Gasteiger partial charge in [-0.25, -0.2) is 8.42 Å². The maximum Gasteiger partial charge on any atom is 0.313 e. The summed E-state index contributed by atoms with van der Waals surface area (Å²) in [7, 11) is -3.41. The number of anilines is 2. The molecule has 0 aliphatic carbocycles. The van der Waals surface area contributed by atoms with Crippen LogP contribution in [0.4, 0.5) is 11.4 Å². The molecule has 0 unspecified atom stereocenters. The summed E-state index contributed by atoms with van der Waals surface area (Å²) in [5.74, 6) is -1.57. The fraction of sp³-hybridized carbons (Fsp3) is 0.263. The van der Waals surface area contributed by atoms with Crippen molar-refractivity contribution in [2.24, 2.45) is 0 Å². The topological polar surface area (TPSA) is 95.6 Å². The maximum atomic E-state index is 12.1. The average Bonchev–Trinajstić information content (AvgIpc) is 3.01. The normalized spacial score (nSPS) is 15.3. The molecule has 0 radical (unpaired) electrons. The number of halogens is 1. The zero-order chi connectivity index (χ0) is 20.3. The van der Waals surface area contributed by atoms with E-state index in [0.29, 0.717) is 13.0 Å². The van der Waals surface area contributed by atoms with E-state index in [-0.39, 0.29) is 28.7 Å². The van der Waals surface area contributed by atoms with Gasteiger partial charge in [0.2, 0.25) is 10.0 Å². The van der Waals surface area contributed by atoms with Gasteiger partial charge < -0.3 is 10.6 Å². The van der Waals surface area contributed by atoms with Crippen molar-refractivity contribution in [1.82, 2.24) is 5.32 Å². The van der Waals surface area contributed by atoms with Crippen LogP contribution >= 0.6 is 11.6 Å². The smallest absolute Gasteiger partial charge is 0.313 e. The Kier molecular flexibility index (Phi) is 5.90. The number of carbonyl (C=O) groups excluding carboxylic acids is 2. The van der Waals surface area contributed by atoms with Gasteiger partial charge in [0.25, 0.3) is 0 Å². The van der Waals surface area contributed by atoms with Crippen molar-refractivity contribution in [3.63, 3.8) is 0 Å². The molecule has 1 fully saturated rings. The van der Waals surface area contributed by atoms with Crippen LogP contribution in [0.2, 0.25) is 5.02 Å². The largest absolute Gasteiger partial charge is 0.344 e. The van der Waals surface area contributed by atoms with Gasteiger partial charge >= 0.3 is 11.8 Å². The molecule has 148 valence electrons. The van der Waals surface area contributed by atoms with Gasteiger partial charge in [-0.15, -0.1) is 0 Å². The molecule has 0 atom stereocenters. The number of hydrogen-bond donors (Lipinski definition) is 2. The van der Waals surface area contributed by atoms with Crippen LogP contribution in [0.5, 0.6) is 0 Å². The Morgan fingerprint density at radius 1 is 1.11 bits per heavy atom. The van der Waals surface area contributed by atoms with Gasteiger partial charge in [-0.2, -0.15) is 0 Å². The third kappa shape index (κ3) is 4.63. The Balaban J connectivity index is 1.66. The third-order valence-corrected chi connectivity index (χ3v) is 6.53. The first-order valence-corrected chi connectivity index (χ1v) is 10.7. The van der Waals surface area contributed by atoms with Gasteiger partial charge in [0.15, 0.2) is 0 Å². The highest BCUT2D eigenvalue weighted by atomic mass is 35.5. The van der Waals surface area contributed by atoms with Crippen LogP contribution in [0, 0.1) is 6.92 Å². The second-order valence-electron chi connectivity index (χ2n) is 6.53. The highest BCUT2D eigenvalue weighted by molar-refractivity contribution is 7.93. The Morgan fingerprint density at radius 3 is 2.46 bits per heavy atom. The number of aryl methyl sites for hydroxylation is 1. The summed E-state index contributed by atoms with van der Waals surface area (Å²) in [6.45, 7) is 2.52. The number of carbonyl (C=O) groups is 2. The highest BCUT2D eigenvalue weighted by Gasteiger charge is 2.30. The molecule has 0 aromatic heterocycles. The summed E-state index contributed by atoms with van der Waals surface area (Å²) in [4.78, 5) is 24.2. The summed E-state index contributed by atoms with van der Waals surface area (Å²) in [6.07, 6.45) is 0.511. The molecule has 2 aromatic carbocycles. The van der Waals surface area contributed by atoms with Gasteiger partial charge in [-0.1, -0.05) is 41.4 Å². The van der Waals surface area contributed by atoms with E-state index in [9.17, 15) is 18.0 Å². The Morgan fingerprint density at radius 2 is 1.82 bits per heavy atom. The van der Waals surface area contributed by atoms with Crippen LogP contribution < -0.4 is 14.9 Å².